The van der Waals surface area contributed by atoms with Crippen molar-refractivity contribution in [1.29, 1.82) is 0 Å². The molecule has 60 valence electrons. The van der Waals surface area contributed by atoms with Gasteiger partial charge in [-0.1, -0.05) is 11.6 Å². The van der Waals surface area contributed by atoms with Crippen LogP contribution in [-0.4, -0.2) is 14.8 Å². The summed E-state index contributed by atoms with van der Waals surface area (Å²) in [7, 11) is -4.25. The van der Waals surface area contributed by atoms with E-state index in [4.69, 9.17) is 21.4 Å². The van der Waals surface area contributed by atoms with Gasteiger partial charge in [-0.3, -0.25) is 4.57 Å². The van der Waals surface area contributed by atoms with Gasteiger partial charge in [0.2, 0.25) is 0 Å². The third kappa shape index (κ3) is 2.01. The molecule has 6 heteroatoms. The van der Waals surface area contributed by atoms with Crippen molar-refractivity contribution in [2.24, 2.45) is 0 Å². The predicted molar refractivity (Wildman–Crippen MR) is 40.9 cm³/mol. The van der Waals surface area contributed by atoms with Crippen LogP contribution in [0, 0.1) is 0 Å². The normalized spacial score (nSPS) is 11.5. The van der Waals surface area contributed by atoms with Crippen molar-refractivity contribution in [3.63, 3.8) is 0 Å². The van der Waals surface area contributed by atoms with E-state index in [-0.39, 0.29) is 10.5 Å². The zero-order valence-corrected chi connectivity index (χ0v) is 6.96. The van der Waals surface area contributed by atoms with Crippen molar-refractivity contribution in [1.82, 2.24) is 4.98 Å². The molecule has 1 heterocycles. The lowest BCUT2D eigenvalue weighted by Gasteiger charge is -2.03. The molecule has 2 N–H and O–H groups in total. The van der Waals surface area contributed by atoms with E-state index in [0.29, 0.717) is 0 Å². The first-order valence-corrected chi connectivity index (χ1v) is 4.67. The molecule has 0 aliphatic heterocycles. The maximum Gasteiger partial charge on any atom is 0.359 e. The summed E-state index contributed by atoms with van der Waals surface area (Å²) in [5, 5.41) is -0.387. The summed E-state index contributed by atoms with van der Waals surface area (Å²) in [6.45, 7) is 0. The topological polar surface area (TPSA) is 70.4 Å². The fourth-order valence-corrected chi connectivity index (χ4v) is 1.62. The van der Waals surface area contributed by atoms with Crippen LogP contribution in [0.15, 0.2) is 18.3 Å². The van der Waals surface area contributed by atoms with Gasteiger partial charge in [-0.05, 0) is 12.1 Å². The number of rotatable bonds is 1. The molecule has 0 bridgehead atoms. The SMILES string of the molecule is O=P(O)(O)c1cccnc1Cl. The van der Waals surface area contributed by atoms with Gasteiger partial charge in [0, 0.05) is 6.20 Å². The molecule has 0 unspecified atom stereocenters. The molecule has 0 atom stereocenters. The summed E-state index contributed by atoms with van der Waals surface area (Å²) in [4.78, 5) is 20.8. The van der Waals surface area contributed by atoms with Gasteiger partial charge >= 0.3 is 7.60 Å². The second-order valence-corrected chi connectivity index (χ2v) is 3.79. The van der Waals surface area contributed by atoms with Crippen molar-refractivity contribution in [2.75, 3.05) is 0 Å². The molecular formula is C5H5ClNO3P. The molecule has 0 saturated carbocycles. The minimum Gasteiger partial charge on any atom is -0.321 e. The number of halogens is 1. The van der Waals surface area contributed by atoms with E-state index in [0.717, 1.165) is 0 Å². The van der Waals surface area contributed by atoms with Crippen LogP contribution >= 0.6 is 19.2 Å². The summed E-state index contributed by atoms with van der Waals surface area (Å²) in [5.41, 5.74) is 0. The van der Waals surface area contributed by atoms with Gasteiger partial charge in [-0.15, -0.1) is 0 Å². The van der Waals surface area contributed by atoms with Crippen LogP contribution in [-0.2, 0) is 4.57 Å². The van der Waals surface area contributed by atoms with Crippen molar-refractivity contribution in [3.8, 4) is 0 Å². The lowest BCUT2D eigenvalue weighted by molar-refractivity contribution is 0.387. The van der Waals surface area contributed by atoms with Crippen LogP contribution in [0.25, 0.3) is 0 Å². The third-order valence-corrected chi connectivity index (χ3v) is 2.47. The molecule has 0 spiro atoms. The van der Waals surface area contributed by atoms with Crippen molar-refractivity contribution in [3.05, 3.63) is 23.5 Å². The highest BCUT2D eigenvalue weighted by Crippen LogP contribution is 2.35. The molecule has 1 aromatic rings. The van der Waals surface area contributed by atoms with Crippen LogP contribution in [0.1, 0.15) is 0 Å². The van der Waals surface area contributed by atoms with E-state index in [1.54, 1.807) is 0 Å². The average Bonchev–Trinajstić information content (AvgIpc) is 1.86. The number of nitrogens with zero attached hydrogens (tertiary/aromatic N) is 1. The van der Waals surface area contributed by atoms with E-state index in [1.165, 1.54) is 18.3 Å². The molecule has 0 aliphatic rings. The standard InChI is InChI=1S/C5H5ClNO3P/c6-5-4(11(8,9)10)2-1-3-7-5/h1-3H,(H2,8,9,10). The molecule has 0 aliphatic carbocycles. The van der Waals surface area contributed by atoms with E-state index in [9.17, 15) is 4.57 Å². The first kappa shape index (κ1) is 8.68. The smallest absolute Gasteiger partial charge is 0.321 e. The summed E-state index contributed by atoms with van der Waals surface area (Å²) < 4.78 is 10.6. The quantitative estimate of drug-likeness (QED) is 0.504. The maximum absolute atomic E-state index is 10.6. The Kier molecular flexibility index (Phi) is 2.30. The van der Waals surface area contributed by atoms with E-state index in [1.807, 2.05) is 0 Å². The zero-order chi connectivity index (χ0) is 8.48. The van der Waals surface area contributed by atoms with Gasteiger partial charge in [0.1, 0.15) is 10.5 Å². The lowest BCUT2D eigenvalue weighted by atomic mass is 10.5. The molecule has 11 heavy (non-hydrogen) atoms. The minimum absolute atomic E-state index is 0.152. The maximum atomic E-state index is 10.6. The number of hydrogen-bond acceptors (Lipinski definition) is 2. The van der Waals surface area contributed by atoms with Crippen LogP contribution in [0.5, 0.6) is 0 Å². The summed E-state index contributed by atoms with van der Waals surface area (Å²) in [6.07, 6.45) is 1.36. The highest BCUT2D eigenvalue weighted by atomic mass is 35.5. The largest absolute Gasteiger partial charge is 0.359 e. The molecular weight excluding hydrogens is 188 g/mol. The Morgan fingerprint density at radius 1 is 1.55 bits per heavy atom. The van der Waals surface area contributed by atoms with E-state index in [2.05, 4.69) is 4.98 Å². The average molecular weight is 194 g/mol. The van der Waals surface area contributed by atoms with Gasteiger partial charge in [0.05, 0.1) is 0 Å². The minimum atomic E-state index is -4.25. The third-order valence-electron chi connectivity index (χ3n) is 1.05. The summed E-state index contributed by atoms with van der Waals surface area (Å²) in [6, 6.07) is 2.66. The molecule has 0 aromatic carbocycles. The monoisotopic (exact) mass is 193 g/mol. The fraction of sp³-hybridized carbons (Fsp3) is 0. The fourth-order valence-electron chi connectivity index (χ4n) is 0.595. The number of pyridine rings is 1. The van der Waals surface area contributed by atoms with Crippen molar-refractivity contribution >= 4 is 24.5 Å². The van der Waals surface area contributed by atoms with Gasteiger partial charge in [0.15, 0.2) is 0 Å². The first-order chi connectivity index (χ1) is 5.02. The Labute approximate surface area is 68.0 Å². The van der Waals surface area contributed by atoms with Gasteiger partial charge in [-0.2, -0.15) is 0 Å². The highest BCUT2D eigenvalue weighted by Gasteiger charge is 2.20. The van der Waals surface area contributed by atoms with Gasteiger partial charge in [0.25, 0.3) is 0 Å². The molecule has 0 radical (unpaired) electrons. The van der Waals surface area contributed by atoms with Gasteiger partial charge < -0.3 is 9.79 Å². The molecule has 0 saturated heterocycles. The number of hydrogen-bond donors (Lipinski definition) is 2. The predicted octanol–water partition coefficient (Wildman–Crippen LogP) is 0.538. The van der Waals surface area contributed by atoms with Gasteiger partial charge in [-0.25, -0.2) is 4.98 Å². The van der Waals surface area contributed by atoms with Crippen LogP contribution in [0.2, 0.25) is 5.15 Å². The highest BCUT2D eigenvalue weighted by molar-refractivity contribution is 7.60. The molecule has 0 fully saturated rings. The Hall–Kier alpha value is -0.410. The van der Waals surface area contributed by atoms with Crippen LogP contribution < -0.4 is 5.30 Å². The lowest BCUT2D eigenvalue weighted by Crippen LogP contribution is -2.05. The second-order valence-electron chi connectivity index (χ2n) is 1.86. The Morgan fingerprint density at radius 3 is 2.55 bits per heavy atom. The Bertz CT molecular complexity index is 310. The van der Waals surface area contributed by atoms with E-state index < -0.39 is 7.60 Å². The number of aromatic nitrogens is 1. The molecule has 1 rings (SSSR count). The Morgan fingerprint density at radius 2 is 2.18 bits per heavy atom. The Balaban J connectivity index is 3.25. The summed E-state index contributed by atoms with van der Waals surface area (Å²) >= 11 is 5.41. The molecule has 4 nitrogen and oxygen atoms in total. The molecule has 0 amide bonds. The molecule has 1 aromatic heterocycles. The van der Waals surface area contributed by atoms with Crippen molar-refractivity contribution in [2.45, 2.75) is 0 Å². The first-order valence-electron chi connectivity index (χ1n) is 2.68. The van der Waals surface area contributed by atoms with Crippen LogP contribution in [0.3, 0.4) is 0 Å². The summed E-state index contributed by atoms with van der Waals surface area (Å²) in [5.74, 6) is 0. The zero-order valence-electron chi connectivity index (χ0n) is 5.31. The van der Waals surface area contributed by atoms with E-state index >= 15 is 0 Å². The van der Waals surface area contributed by atoms with Crippen LogP contribution in [0.4, 0.5) is 0 Å². The second kappa shape index (κ2) is 2.91. The van der Waals surface area contributed by atoms with Crippen molar-refractivity contribution < 1.29 is 14.4 Å².